The molecule has 0 spiro atoms. The van der Waals surface area contributed by atoms with Crippen LogP contribution in [0.1, 0.15) is 33.6 Å². The normalized spacial score (nSPS) is 15.1. The summed E-state index contributed by atoms with van der Waals surface area (Å²) in [5, 5.41) is 0. The van der Waals surface area contributed by atoms with E-state index in [1.807, 2.05) is 0 Å². The molecule has 4 rings (SSSR count). The van der Waals surface area contributed by atoms with Crippen LogP contribution < -0.4 is 25.0 Å². The number of carbonyl (C=O) groups excluding carboxylic acids is 2. The molecule has 2 aromatic rings. The van der Waals surface area contributed by atoms with Gasteiger partial charge in [-0.1, -0.05) is 0 Å². The molecule has 0 bridgehead atoms. The highest BCUT2D eigenvalue weighted by Gasteiger charge is 2.28. The first-order valence-corrected chi connectivity index (χ1v) is 10.9. The fourth-order valence-electron chi connectivity index (χ4n) is 2.63. The van der Waals surface area contributed by atoms with Gasteiger partial charge >= 0.3 is 0 Å². The van der Waals surface area contributed by atoms with Crippen LogP contribution in [0.5, 0.6) is 11.5 Å². The number of fused-ring (bicyclic) bond motifs is 1. The van der Waals surface area contributed by atoms with Gasteiger partial charge in [0.25, 0.3) is 11.8 Å². The van der Waals surface area contributed by atoms with E-state index in [0.717, 1.165) is 12.8 Å². The number of halogens is 1. The van der Waals surface area contributed by atoms with E-state index in [9.17, 15) is 18.0 Å². The molecule has 1 aliphatic heterocycles. The highest BCUT2D eigenvalue weighted by molar-refractivity contribution is 9.10. The second-order valence-electron chi connectivity index (χ2n) is 6.51. The minimum atomic E-state index is -3.71. The van der Waals surface area contributed by atoms with Crippen molar-refractivity contribution in [1.82, 2.24) is 15.6 Å². The number of amides is 2. The third-order valence-electron chi connectivity index (χ3n) is 4.32. The molecule has 0 unspecified atom stereocenters. The maximum Gasteiger partial charge on any atom is 0.270 e. The Morgan fingerprint density at radius 2 is 1.69 bits per heavy atom. The molecule has 3 N–H and O–H groups in total. The summed E-state index contributed by atoms with van der Waals surface area (Å²) >= 11 is 3.23. The number of hydrazine groups is 1. The minimum Gasteiger partial charge on any atom is -0.454 e. The highest BCUT2D eigenvalue weighted by Crippen LogP contribution is 2.32. The van der Waals surface area contributed by atoms with E-state index in [4.69, 9.17) is 9.47 Å². The molecule has 1 fully saturated rings. The molecule has 0 atom stereocenters. The number of nitrogens with one attached hydrogen (secondary N) is 3. The number of sulfonamides is 1. The highest BCUT2D eigenvalue weighted by atomic mass is 79.9. The molecule has 0 radical (unpaired) electrons. The zero-order chi connectivity index (χ0) is 20.6. The summed E-state index contributed by atoms with van der Waals surface area (Å²) < 4.78 is 38.1. The zero-order valence-electron chi connectivity index (χ0n) is 14.9. The van der Waals surface area contributed by atoms with Crippen LogP contribution in [-0.2, 0) is 10.0 Å². The lowest BCUT2D eigenvalue weighted by atomic mass is 10.2. The Morgan fingerprint density at radius 1 is 0.966 bits per heavy atom. The molecular weight excluding hydrogens is 466 g/mol. The van der Waals surface area contributed by atoms with E-state index in [2.05, 4.69) is 31.5 Å². The third-order valence-corrected chi connectivity index (χ3v) is 6.53. The first-order valence-electron chi connectivity index (χ1n) is 8.66. The first kappa shape index (κ1) is 19.7. The molecule has 2 amide bonds. The van der Waals surface area contributed by atoms with Crippen molar-refractivity contribution in [1.29, 1.82) is 0 Å². The van der Waals surface area contributed by atoms with Crippen LogP contribution in [0.3, 0.4) is 0 Å². The molecular formula is C18H16BrN3O6S. The van der Waals surface area contributed by atoms with Gasteiger partial charge in [-0.2, -0.15) is 0 Å². The Morgan fingerprint density at radius 3 is 2.45 bits per heavy atom. The average molecular weight is 482 g/mol. The number of hydrogen-bond donors (Lipinski definition) is 3. The number of carbonyl (C=O) groups is 2. The van der Waals surface area contributed by atoms with Gasteiger partial charge in [0.15, 0.2) is 11.5 Å². The predicted molar refractivity (Wildman–Crippen MR) is 105 cm³/mol. The summed E-state index contributed by atoms with van der Waals surface area (Å²) in [4.78, 5) is 24.7. The van der Waals surface area contributed by atoms with Crippen LogP contribution in [0, 0.1) is 0 Å². The van der Waals surface area contributed by atoms with Gasteiger partial charge in [0.1, 0.15) is 0 Å². The van der Waals surface area contributed by atoms with Crippen molar-refractivity contribution >= 4 is 37.8 Å². The summed E-state index contributed by atoms with van der Waals surface area (Å²) in [6.07, 6.45) is 1.60. The topological polar surface area (TPSA) is 123 Å². The SMILES string of the molecule is O=C(NNC(=O)c1cc(S(=O)(=O)NC2CC2)ccc1Br)c1ccc2c(c1)OCO2. The molecule has 29 heavy (non-hydrogen) atoms. The van der Waals surface area contributed by atoms with Gasteiger partial charge in [-0.3, -0.25) is 20.4 Å². The Labute approximate surface area is 174 Å². The van der Waals surface area contributed by atoms with Gasteiger partial charge in [-0.05, 0) is 65.2 Å². The quantitative estimate of drug-likeness (QED) is 0.558. The summed E-state index contributed by atoms with van der Waals surface area (Å²) in [7, 11) is -3.71. The van der Waals surface area contributed by atoms with Crippen molar-refractivity contribution in [2.75, 3.05) is 6.79 Å². The predicted octanol–water partition coefficient (Wildman–Crippen LogP) is 1.69. The first-order chi connectivity index (χ1) is 13.8. The molecule has 2 aliphatic rings. The Balaban J connectivity index is 1.45. The van der Waals surface area contributed by atoms with Crippen LogP contribution in [-0.4, -0.2) is 33.1 Å². The van der Waals surface area contributed by atoms with E-state index < -0.39 is 21.8 Å². The van der Waals surface area contributed by atoms with Gasteiger partial charge in [-0.15, -0.1) is 0 Å². The maximum absolute atomic E-state index is 12.5. The number of benzene rings is 2. The molecule has 152 valence electrons. The Hall–Kier alpha value is -2.63. The fourth-order valence-corrected chi connectivity index (χ4v) is 4.38. The second kappa shape index (κ2) is 7.65. The number of rotatable bonds is 5. The lowest BCUT2D eigenvalue weighted by Gasteiger charge is -2.11. The number of ether oxygens (including phenoxy) is 2. The summed E-state index contributed by atoms with van der Waals surface area (Å²) in [5.41, 5.74) is 4.90. The molecule has 2 aromatic carbocycles. The third kappa shape index (κ3) is 4.36. The van der Waals surface area contributed by atoms with Crippen LogP contribution in [0.15, 0.2) is 45.8 Å². The Bertz CT molecular complexity index is 1100. The lowest BCUT2D eigenvalue weighted by molar-refractivity contribution is 0.0846. The largest absolute Gasteiger partial charge is 0.454 e. The molecule has 1 saturated carbocycles. The van der Waals surface area contributed by atoms with Crippen molar-refractivity contribution in [2.24, 2.45) is 0 Å². The van der Waals surface area contributed by atoms with Crippen molar-refractivity contribution in [2.45, 2.75) is 23.8 Å². The summed E-state index contributed by atoms with van der Waals surface area (Å²) in [5.74, 6) is -0.262. The van der Waals surface area contributed by atoms with Gasteiger partial charge in [0.05, 0.1) is 10.5 Å². The van der Waals surface area contributed by atoms with Crippen molar-refractivity contribution < 1.29 is 27.5 Å². The average Bonchev–Trinajstić information content (AvgIpc) is 3.37. The fraction of sp³-hybridized carbons (Fsp3) is 0.222. The zero-order valence-corrected chi connectivity index (χ0v) is 17.3. The standard InChI is InChI=1S/C18H16BrN3O6S/c19-14-5-4-12(29(25,26)22-11-2-3-11)8-13(14)18(24)21-20-17(23)10-1-6-15-16(7-10)28-9-27-15/h1,4-8,11,22H,2-3,9H2,(H,20,23)(H,21,24). The monoisotopic (exact) mass is 481 g/mol. The lowest BCUT2D eigenvalue weighted by Crippen LogP contribution is -2.41. The van der Waals surface area contributed by atoms with Crippen LogP contribution in [0.25, 0.3) is 0 Å². The van der Waals surface area contributed by atoms with Crippen molar-refractivity contribution in [3.63, 3.8) is 0 Å². The van der Waals surface area contributed by atoms with Crippen LogP contribution in [0.4, 0.5) is 0 Å². The van der Waals surface area contributed by atoms with Crippen LogP contribution >= 0.6 is 15.9 Å². The van der Waals surface area contributed by atoms with Crippen LogP contribution in [0.2, 0.25) is 0 Å². The maximum atomic E-state index is 12.5. The molecule has 0 saturated heterocycles. The summed E-state index contributed by atoms with van der Waals surface area (Å²) in [6, 6.07) is 8.68. The summed E-state index contributed by atoms with van der Waals surface area (Å²) in [6.45, 7) is 0.0834. The van der Waals surface area contributed by atoms with Crippen molar-refractivity contribution in [3.8, 4) is 11.5 Å². The van der Waals surface area contributed by atoms with Crippen molar-refractivity contribution in [3.05, 3.63) is 52.0 Å². The molecule has 1 aliphatic carbocycles. The molecule has 1 heterocycles. The van der Waals surface area contributed by atoms with E-state index >= 15 is 0 Å². The Kier molecular flexibility index (Phi) is 5.19. The van der Waals surface area contributed by atoms with E-state index in [-0.39, 0.29) is 28.9 Å². The van der Waals surface area contributed by atoms with Gasteiger partial charge in [0.2, 0.25) is 16.8 Å². The molecule has 9 nitrogen and oxygen atoms in total. The second-order valence-corrected chi connectivity index (χ2v) is 9.08. The van der Waals surface area contributed by atoms with Gasteiger partial charge in [0, 0.05) is 16.1 Å². The van der Waals surface area contributed by atoms with E-state index in [1.54, 1.807) is 6.07 Å². The van der Waals surface area contributed by atoms with E-state index in [1.165, 1.54) is 30.3 Å². The van der Waals surface area contributed by atoms with E-state index in [0.29, 0.717) is 16.0 Å². The molecule has 0 aromatic heterocycles. The molecule has 11 heteroatoms. The smallest absolute Gasteiger partial charge is 0.270 e. The minimum absolute atomic E-state index is 0.0279. The number of hydrogen-bond acceptors (Lipinski definition) is 6. The van der Waals surface area contributed by atoms with Gasteiger partial charge < -0.3 is 9.47 Å². The van der Waals surface area contributed by atoms with Gasteiger partial charge in [-0.25, -0.2) is 13.1 Å².